The third-order valence-electron chi connectivity index (χ3n) is 4.86. The summed E-state index contributed by atoms with van der Waals surface area (Å²) >= 11 is 6.14. The lowest BCUT2D eigenvalue weighted by Crippen LogP contribution is -2.16. The van der Waals surface area contributed by atoms with Crippen molar-refractivity contribution in [2.75, 3.05) is 16.6 Å². The molecule has 0 saturated heterocycles. The number of carbonyl (C=O) groups excluding carboxylic acids is 2. The predicted molar refractivity (Wildman–Crippen MR) is 133 cm³/mol. The standard InChI is InChI=1S/C25H25ClN2O5S/c1-3-4-14-33-25(30)18-8-11-20(12-9-18)27-24(29)19-10-13-22(26)23(16-19)34(31,32)28-21-7-5-6-17(2)15-21/h5-13,15-16,28H,3-4,14H2,1-2H3,(H,27,29). The molecular formula is C25H25ClN2O5S. The highest BCUT2D eigenvalue weighted by Crippen LogP contribution is 2.26. The van der Waals surface area contributed by atoms with Gasteiger partial charge in [0.1, 0.15) is 4.90 Å². The Hall–Kier alpha value is -3.36. The molecule has 0 bridgehead atoms. The van der Waals surface area contributed by atoms with Crippen molar-refractivity contribution in [3.63, 3.8) is 0 Å². The number of benzene rings is 3. The monoisotopic (exact) mass is 500 g/mol. The molecule has 3 rings (SSSR count). The lowest BCUT2D eigenvalue weighted by atomic mass is 10.2. The molecule has 0 radical (unpaired) electrons. The fraction of sp³-hybridized carbons (Fsp3) is 0.200. The van der Waals surface area contributed by atoms with Crippen LogP contribution < -0.4 is 10.0 Å². The lowest BCUT2D eigenvalue weighted by molar-refractivity contribution is 0.0499. The number of halogens is 1. The number of sulfonamides is 1. The third kappa shape index (κ3) is 6.59. The first kappa shape index (κ1) is 25.3. The Labute approximate surface area is 204 Å². The fourth-order valence-corrected chi connectivity index (χ4v) is 4.63. The van der Waals surface area contributed by atoms with E-state index in [1.807, 2.05) is 19.9 Å². The van der Waals surface area contributed by atoms with Crippen molar-refractivity contribution in [1.29, 1.82) is 0 Å². The molecule has 3 aromatic carbocycles. The minimum absolute atomic E-state index is 0.0114. The maximum atomic E-state index is 12.9. The van der Waals surface area contributed by atoms with E-state index in [1.165, 1.54) is 18.2 Å². The topological polar surface area (TPSA) is 102 Å². The zero-order valence-electron chi connectivity index (χ0n) is 18.8. The van der Waals surface area contributed by atoms with Crippen molar-refractivity contribution in [2.45, 2.75) is 31.6 Å². The molecule has 2 N–H and O–H groups in total. The highest BCUT2D eigenvalue weighted by molar-refractivity contribution is 7.92. The Morgan fingerprint density at radius 1 is 0.941 bits per heavy atom. The number of anilines is 2. The summed E-state index contributed by atoms with van der Waals surface area (Å²) in [5.74, 6) is -0.957. The molecule has 0 aliphatic heterocycles. The smallest absolute Gasteiger partial charge is 0.338 e. The van der Waals surface area contributed by atoms with Gasteiger partial charge in [0.25, 0.3) is 15.9 Å². The van der Waals surface area contributed by atoms with Crippen LogP contribution in [0.3, 0.4) is 0 Å². The van der Waals surface area contributed by atoms with Gasteiger partial charge in [-0.25, -0.2) is 13.2 Å². The number of nitrogens with one attached hydrogen (secondary N) is 2. The molecule has 0 aliphatic carbocycles. The number of hydrogen-bond donors (Lipinski definition) is 2. The van der Waals surface area contributed by atoms with Crippen LogP contribution in [0.4, 0.5) is 11.4 Å². The molecule has 7 nitrogen and oxygen atoms in total. The summed E-state index contributed by atoms with van der Waals surface area (Å²) in [5.41, 5.74) is 2.19. The van der Waals surface area contributed by atoms with Gasteiger partial charge in [-0.2, -0.15) is 0 Å². The lowest BCUT2D eigenvalue weighted by Gasteiger charge is -2.12. The Morgan fingerprint density at radius 2 is 1.65 bits per heavy atom. The summed E-state index contributed by atoms with van der Waals surface area (Å²) in [5, 5.41) is 2.67. The predicted octanol–water partition coefficient (Wildman–Crippen LogP) is 5.66. The zero-order valence-corrected chi connectivity index (χ0v) is 20.4. The zero-order chi connectivity index (χ0) is 24.7. The van der Waals surface area contributed by atoms with E-state index in [0.29, 0.717) is 23.5 Å². The summed E-state index contributed by atoms with van der Waals surface area (Å²) in [6.45, 7) is 4.21. The Kier molecular flexibility index (Phi) is 8.31. The number of unbranched alkanes of at least 4 members (excludes halogenated alkanes) is 1. The number of hydrogen-bond acceptors (Lipinski definition) is 5. The highest BCUT2D eigenvalue weighted by Gasteiger charge is 2.21. The van der Waals surface area contributed by atoms with Crippen molar-refractivity contribution in [3.05, 3.63) is 88.4 Å². The average Bonchev–Trinajstić information content (AvgIpc) is 2.79. The van der Waals surface area contributed by atoms with Crippen molar-refractivity contribution in [2.24, 2.45) is 0 Å². The Bertz CT molecular complexity index is 1290. The first-order valence-corrected chi connectivity index (χ1v) is 12.5. The highest BCUT2D eigenvalue weighted by atomic mass is 35.5. The van der Waals surface area contributed by atoms with Gasteiger partial charge in [0.05, 0.1) is 17.2 Å². The molecule has 178 valence electrons. The van der Waals surface area contributed by atoms with Gasteiger partial charge < -0.3 is 10.1 Å². The van der Waals surface area contributed by atoms with Crippen molar-refractivity contribution in [1.82, 2.24) is 0 Å². The second-order valence-corrected chi connectivity index (χ2v) is 9.70. The number of aryl methyl sites for hydroxylation is 1. The van der Waals surface area contributed by atoms with E-state index < -0.39 is 21.9 Å². The molecule has 34 heavy (non-hydrogen) atoms. The first-order chi connectivity index (χ1) is 16.2. The van der Waals surface area contributed by atoms with Crippen LogP contribution in [0.5, 0.6) is 0 Å². The molecule has 3 aromatic rings. The van der Waals surface area contributed by atoms with Crippen LogP contribution in [-0.4, -0.2) is 26.9 Å². The summed E-state index contributed by atoms with van der Waals surface area (Å²) in [4.78, 5) is 24.5. The van der Waals surface area contributed by atoms with Gasteiger partial charge in [0.2, 0.25) is 0 Å². The van der Waals surface area contributed by atoms with Gasteiger partial charge in [-0.05, 0) is 73.5 Å². The van der Waals surface area contributed by atoms with Gasteiger partial charge in [-0.1, -0.05) is 37.1 Å². The first-order valence-electron chi connectivity index (χ1n) is 10.7. The van der Waals surface area contributed by atoms with Gasteiger partial charge >= 0.3 is 5.97 Å². The van der Waals surface area contributed by atoms with E-state index in [1.54, 1.807) is 42.5 Å². The largest absolute Gasteiger partial charge is 0.462 e. The fourth-order valence-electron chi connectivity index (χ4n) is 3.05. The van der Waals surface area contributed by atoms with E-state index >= 15 is 0 Å². The molecule has 0 aromatic heterocycles. The number of ether oxygens (including phenoxy) is 1. The molecule has 0 spiro atoms. The van der Waals surface area contributed by atoms with Crippen molar-refractivity contribution in [3.8, 4) is 0 Å². The molecule has 0 unspecified atom stereocenters. The summed E-state index contributed by atoms with van der Waals surface area (Å²) in [6, 6.07) is 17.1. The minimum Gasteiger partial charge on any atom is -0.462 e. The van der Waals surface area contributed by atoms with Crippen LogP contribution >= 0.6 is 11.6 Å². The Balaban J connectivity index is 1.73. The quantitative estimate of drug-likeness (QED) is 0.291. The third-order valence-corrected chi connectivity index (χ3v) is 6.73. The second-order valence-electron chi connectivity index (χ2n) is 7.64. The number of esters is 1. The minimum atomic E-state index is -4.03. The molecule has 0 fully saturated rings. The average molecular weight is 501 g/mol. The van der Waals surface area contributed by atoms with Crippen LogP contribution in [0.1, 0.15) is 46.0 Å². The number of carbonyl (C=O) groups is 2. The van der Waals surface area contributed by atoms with Crippen molar-refractivity contribution < 1.29 is 22.7 Å². The van der Waals surface area contributed by atoms with Crippen LogP contribution in [-0.2, 0) is 14.8 Å². The summed E-state index contributed by atoms with van der Waals surface area (Å²) in [6.07, 6.45) is 1.72. The van der Waals surface area contributed by atoms with E-state index in [0.717, 1.165) is 18.4 Å². The van der Waals surface area contributed by atoms with E-state index in [-0.39, 0.29) is 15.5 Å². The van der Waals surface area contributed by atoms with Crippen LogP contribution in [0.2, 0.25) is 5.02 Å². The molecule has 1 amide bonds. The Morgan fingerprint density at radius 3 is 2.32 bits per heavy atom. The SMILES string of the molecule is CCCCOC(=O)c1ccc(NC(=O)c2ccc(Cl)c(S(=O)(=O)Nc3cccc(C)c3)c2)cc1. The van der Waals surface area contributed by atoms with E-state index in [9.17, 15) is 18.0 Å². The molecule has 0 heterocycles. The summed E-state index contributed by atoms with van der Waals surface area (Å²) in [7, 11) is -4.03. The van der Waals surface area contributed by atoms with Gasteiger partial charge in [0, 0.05) is 16.9 Å². The van der Waals surface area contributed by atoms with Gasteiger partial charge in [-0.3, -0.25) is 9.52 Å². The van der Waals surface area contributed by atoms with Gasteiger partial charge in [-0.15, -0.1) is 0 Å². The molecule has 9 heteroatoms. The summed E-state index contributed by atoms with van der Waals surface area (Å²) < 4.78 is 33.4. The van der Waals surface area contributed by atoms with Crippen LogP contribution in [0.25, 0.3) is 0 Å². The molecule has 0 saturated carbocycles. The van der Waals surface area contributed by atoms with Crippen LogP contribution in [0, 0.1) is 6.92 Å². The van der Waals surface area contributed by atoms with Gasteiger partial charge in [0.15, 0.2) is 0 Å². The van der Waals surface area contributed by atoms with Crippen LogP contribution in [0.15, 0.2) is 71.6 Å². The molecule has 0 aliphatic rings. The number of amides is 1. The van der Waals surface area contributed by atoms with E-state index in [4.69, 9.17) is 16.3 Å². The number of rotatable bonds is 9. The van der Waals surface area contributed by atoms with E-state index in [2.05, 4.69) is 10.0 Å². The van der Waals surface area contributed by atoms with Crippen molar-refractivity contribution >= 4 is 44.9 Å². The maximum Gasteiger partial charge on any atom is 0.338 e. The normalized spacial score (nSPS) is 11.0. The maximum absolute atomic E-state index is 12.9. The second kappa shape index (κ2) is 11.2. The molecular weight excluding hydrogens is 476 g/mol. The molecule has 0 atom stereocenters.